The molecule has 192 valence electrons. The maximum absolute atomic E-state index is 10.1. The summed E-state index contributed by atoms with van der Waals surface area (Å²) in [5.74, 6) is 7.33. The summed E-state index contributed by atoms with van der Waals surface area (Å²) >= 11 is 0. The monoisotopic (exact) mass is 498 g/mol. The van der Waals surface area contributed by atoms with Gasteiger partial charge < -0.3 is 25.6 Å². The van der Waals surface area contributed by atoms with E-state index in [9.17, 15) is 10.2 Å². The van der Waals surface area contributed by atoms with Crippen molar-refractivity contribution < 1.29 is 14.9 Å². The van der Waals surface area contributed by atoms with Gasteiger partial charge >= 0.3 is 0 Å². The van der Waals surface area contributed by atoms with Gasteiger partial charge in [-0.1, -0.05) is 42.3 Å². The summed E-state index contributed by atoms with van der Waals surface area (Å²) in [5, 5.41) is 20.1. The van der Waals surface area contributed by atoms with Crippen LogP contribution in [0.25, 0.3) is 0 Å². The molecule has 1 spiro atoms. The zero-order chi connectivity index (χ0) is 26.0. The van der Waals surface area contributed by atoms with Crippen molar-refractivity contribution in [2.24, 2.45) is 11.1 Å². The number of aromatic nitrogens is 2. The van der Waals surface area contributed by atoms with Gasteiger partial charge in [-0.25, -0.2) is 9.97 Å². The normalized spacial score (nSPS) is 18.3. The third-order valence-electron chi connectivity index (χ3n) is 7.71. The predicted molar refractivity (Wildman–Crippen MR) is 143 cm³/mol. The fourth-order valence-electron chi connectivity index (χ4n) is 5.53. The standard InChI is InChI=1S/C30H34N4O3/c1-29(2,36)22-9-11-24(12-10-22)37-17-5-7-23-19-32-28(26(20-35)33-23)34-15-13-30(14-16-34)18-21-6-3-4-8-25(21)27(30)31/h3-4,6,8-12,19,27,35-36H,13-18,20,31H2,1-2H3. The Hall–Kier alpha value is -3.44. The summed E-state index contributed by atoms with van der Waals surface area (Å²) in [7, 11) is 0. The van der Waals surface area contributed by atoms with Gasteiger partial charge in [0.1, 0.15) is 23.7 Å². The fourth-order valence-corrected chi connectivity index (χ4v) is 5.53. The van der Waals surface area contributed by atoms with Crippen LogP contribution in [-0.4, -0.2) is 39.9 Å². The Balaban J connectivity index is 1.20. The second kappa shape index (κ2) is 10.1. The lowest BCUT2D eigenvalue weighted by Crippen LogP contribution is -2.45. The van der Waals surface area contributed by atoms with E-state index in [-0.39, 0.29) is 24.7 Å². The van der Waals surface area contributed by atoms with Crippen molar-refractivity contribution in [1.82, 2.24) is 9.97 Å². The van der Waals surface area contributed by atoms with Crippen LogP contribution in [0, 0.1) is 17.3 Å². The molecule has 1 aliphatic carbocycles. The van der Waals surface area contributed by atoms with Crippen molar-refractivity contribution in [3.05, 3.63) is 82.8 Å². The van der Waals surface area contributed by atoms with Crippen molar-refractivity contribution in [3.8, 4) is 17.6 Å². The largest absolute Gasteiger partial charge is 0.481 e. The van der Waals surface area contributed by atoms with E-state index >= 15 is 0 Å². The summed E-state index contributed by atoms with van der Waals surface area (Å²) in [5.41, 5.74) is 10.4. The van der Waals surface area contributed by atoms with E-state index in [2.05, 4.69) is 51.0 Å². The van der Waals surface area contributed by atoms with E-state index in [0.29, 0.717) is 17.1 Å². The zero-order valence-corrected chi connectivity index (χ0v) is 21.4. The van der Waals surface area contributed by atoms with Gasteiger partial charge in [0, 0.05) is 19.1 Å². The van der Waals surface area contributed by atoms with Gasteiger partial charge in [0.2, 0.25) is 0 Å². The molecule has 2 heterocycles. The minimum absolute atomic E-state index is 0.0635. The van der Waals surface area contributed by atoms with E-state index in [0.717, 1.165) is 43.7 Å². The first-order valence-corrected chi connectivity index (χ1v) is 12.8. The van der Waals surface area contributed by atoms with E-state index in [1.807, 2.05) is 24.3 Å². The Morgan fingerprint density at radius 3 is 2.54 bits per heavy atom. The van der Waals surface area contributed by atoms with E-state index in [1.165, 1.54) is 11.1 Å². The van der Waals surface area contributed by atoms with Crippen LogP contribution < -0.4 is 15.4 Å². The van der Waals surface area contributed by atoms with Gasteiger partial charge in [-0.05, 0) is 73.3 Å². The Morgan fingerprint density at radius 1 is 1.14 bits per heavy atom. The number of piperidine rings is 1. The van der Waals surface area contributed by atoms with Crippen LogP contribution in [0.15, 0.2) is 54.7 Å². The highest BCUT2D eigenvalue weighted by Crippen LogP contribution is 2.51. The summed E-state index contributed by atoms with van der Waals surface area (Å²) in [6.07, 6.45) is 4.63. The Morgan fingerprint density at radius 2 is 1.86 bits per heavy atom. The quantitative estimate of drug-likeness (QED) is 0.463. The summed E-state index contributed by atoms with van der Waals surface area (Å²) in [4.78, 5) is 11.4. The van der Waals surface area contributed by atoms with Crippen molar-refractivity contribution in [2.75, 3.05) is 24.6 Å². The van der Waals surface area contributed by atoms with Gasteiger partial charge in [-0.2, -0.15) is 0 Å². The Labute approximate surface area is 218 Å². The average Bonchev–Trinajstić information content (AvgIpc) is 3.17. The molecular formula is C30H34N4O3. The second-order valence-corrected chi connectivity index (χ2v) is 10.6. The van der Waals surface area contributed by atoms with E-state index < -0.39 is 5.60 Å². The number of nitrogens with zero attached hydrogens (tertiary/aromatic N) is 3. The molecule has 1 fully saturated rings. The van der Waals surface area contributed by atoms with Crippen LogP contribution in [0.4, 0.5) is 5.82 Å². The summed E-state index contributed by atoms with van der Waals surface area (Å²) in [6.45, 7) is 5.13. The average molecular weight is 499 g/mol. The first-order chi connectivity index (χ1) is 17.8. The molecule has 3 aromatic rings. The van der Waals surface area contributed by atoms with Gasteiger partial charge in [0.15, 0.2) is 5.82 Å². The first-order valence-electron chi connectivity index (χ1n) is 12.8. The number of fused-ring (bicyclic) bond motifs is 1. The summed E-state index contributed by atoms with van der Waals surface area (Å²) < 4.78 is 5.68. The van der Waals surface area contributed by atoms with Crippen LogP contribution in [0.3, 0.4) is 0 Å². The number of hydrogen-bond acceptors (Lipinski definition) is 7. The zero-order valence-electron chi connectivity index (χ0n) is 21.4. The molecule has 0 radical (unpaired) electrons. The second-order valence-electron chi connectivity index (χ2n) is 10.6. The van der Waals surface area contributed by atoms with E-state index in [1.54, 1.807) is 20.0 Å². The molecule has 4 N–H and O–H groups in total. The molecule has 2 aromatic carbocycles. The number of ether oxygens (including phenoxy) is 1. The molecule has 1 aromatic heterocycles. The molecule has 2 aliphatic rings. The van der Waals surface area contributed by atoms with Crippen molar-refractivity contribution in [2.45, 2.75) is 51.4 Å². The van der Waals surface area contributed by atoms with Crippen molar-refractivity contribution in [1.29, 1.82) is 0 Å². The number of aliphatic hydroxyl groups is 2. The smallest absolute Gasteiger partial charge is 0.152 e. The highest BCUT2D eigenvalue weighted by atomic mass is 16.5. The van der Waals surface area contributed by atoms with Crippen LogP contribution in [-0.2, 0) is 18.6 Å². The topological polar surface area (TPSA) is 105 Å². The number of aliphatic hydroxyl groups excluding tert-OH is 1. The van der Waals surface area contributed by atoms with Crippen molar-refractivity contribution >= 4 is 5.82 Å². The number of rotatable bonds is 5. The molecule has 7 heteroatoms. The molecule has 1 atom stereocenters. The number of hydrogen-bond donors (Lipinski definition) is 3. The molecule has 7 nitrogen and oxygen atoms in total. The molecule has 0 amide bonds. The van der Waals surface area contributed by atoms with Crippen molar-refractivity contribution in [3.63, 3.8) is 0 Å². The molecule has 0 bridgehead atoms. The minimum Gasteiger partial charge on any atom is -0.481 e. The molecule has 1 saturated heterocycles. The van der Waals surface area contributed by atoms with E-state index in [4.69, 9.17) is 10.5 Å². The predicted octanol–water partition coefficient (Wildman–Crippen LogP) is 3.47. The highest BCUT2D eigenvalue weighted by Gasteiger charge is 2.46. The van der Waals surface area contributed by atoms with Gasteiger partial charge in [0.25, 0.3) is 0 Å². The highest BCUT2D eigenvalue weighted by molar-refractivity contribution is 5.47. The minimum atomic E-state index is -0.890. The lowest BCUT2D eigenvalue weighted by molar-refractivity contribution is 0.0785. The third kappa shape index (κ3) is 5.19. The number of benzene rings is 2. The fraction of sp³-hybridized carbons (Fsp3) is 0.400. The summed E-state index contributed by atoms with van der Waals surface area (Å²) in [6, 6.07) is 15.9. The van der Waals surface area contributed by atoms with Gasteiger partial charge in [0.05, 0.1) is 18.4 Å². The Kier molecular flexibility index (Phi) is 6.91. The van der Waals surface area contributed by atoms with Crippen LogP contribution in [0.1, 0.15) is 60.8 Å². The molecule has 1 aliphatic heterocycles. The third-order valence-corrected chi connectivity index (χ3v) is 7.71. The Bertz CT molecular complexity index is 1310. The maximum atomic E-state index is 10.1. The molecular weight excluding hydrogens is 464 g/mol. The molecule has 5 rings (SSSR count). The van der Waals surface area contributed by atoms with Gasteiger partial charge in [-0.3, -0.25) is 0 Å². The van der Waals surface area contributed by atoms with Crippen LogP contribution >= 0.6 is 0 Å². The molecule has 37 heavy (non-hydrogen) atoms. The molecule has 0 saturated carbocycles. The maximum Gasteiger partial charge on any atom is 0.152 e. The van der Waals surface area contributed by atoms with Crippen LogP contribution in [0.5, 0.6) is 5.75 Å². The lowest BCUT2D eigenvalue weighted by atomic mass is 9.73. The SMILES string of the molecule is CC(C)(O)c1ccc(OCC#Cc2cnc(N3CCC4(CC3)Cc3ccccc3C4N)c(CO)n2)cc1. The van der Waals surface area contributed by atoms with Crippen LogP contribution in [0.2, 0.25) is 0 Å². The lowest BCUT2D eigenvalue weighted by Gasteiger charge is -2.42. The number of anilines is 1. The first kappa shape index (κ1) is 25.2. The molecule has 1 unspecified atom stereocenters. The number of nitrogens with two attached hydrogens (primary N) is 1. The van der Waals surface area contributed by atoms with Gasteiger partial charge in [-0.15, -0.1) is 0 Å².